The molecule has 0 radical (unpaired) electrons. The number of aromatic nitrogens is 3. The van der Waals surface area contributed by atoms with Gasteiger partial charge in [0.25, 0.3) is 22.2 Å². The first kappa shape index (κ1) is 48.8. The second kappa shape index (κ2) is 21.8. The molecule has 0 aliphatic carbocycles. The lowest BCUT2D eigenvalue weighted by Gasteiger charge is -2.17. The van der Waals surface area contributed by atoms with Crippen molar-refractivity contribution in [3.8, 4) is 0 Å². The predicted molar refractivity (Wildman–Crippen MR) is 285 cm³/mol. The minimum absolute atomic E-state index is 0.0286. The zero-order valence-corrected chi connectivity index (χ0v) is 41.5. The number of carbonyl (C=O) groups excluding carboxylic acids is 1. The topological polar surface area (TPSA) is 173 Å². The van der Waals surface area contributed by atoms with Crippen LogP contribution in [0.4, 0.5) is 0 Å². The van der Waals surface area contributed by atoms with Gasteiger partial charge in [0.05, 0.1) is 74.1 Å². The molecule has 4 aromatic rings. The maximum atomic E-state index is 14.2. The van der Waals surface area contributed by atoms with Gasteiger partial charge in [0.2, 0.25) is 0 Å². The number of allylic oxidation sites excluding steroid dienone is 10. The molecule has 0 saturated carbocycles. The molecule has 14 heteroatoms. The maximum Gasteiger partial charge on any atom is 0.305 e. The van der Waals surface area contributed by atoms with E-state index in [1.165, 1.54) is 43.1 Å². The third-order valence-corrected chi connectivity index (χ3v) is 14.3. The Balaban J connectivity index is 1.11. The molecule has 8 bridgehead atoms. The zero-order chi connectivity index (χ0) is 49.6. The number of methoxy groups -OCH3 is 1. The van der Waals surface area contributed by atoms with Gasteiger partial charge in [0.15, 0.2) is 0 Å². The van der Waals surface area contributed by atoms with E-state index in [-0.39, 0.29) is 53.4 Å². The summed E-state index contributed by atoms with van der Waals surface area (Å²) in [6, 6.07) is 7.09. The first-order valence-corrected chi connectivity index (χ1v) is 25.7. The van der Waals surface area contributed by atoms with Gasteiger partial charge in [-0.05, 0) is 106 Å². The minimum atomic E-state index is -0.516. The molecule has 8 heterocycles. The number of hydrogen-bond acceptors (Lipinski definition) is 11. The Morgan fingerprint density at radius 2 is 1.06 bits per heavy atom. The van der Waals surface area contributed by atoms with Crippen LogP contribution in [0.1, 0.15) is 134 Å². The highest BCUT2D eigenvalue weighted by atomic mass is 16.5. The number of aromatic amines is 1. The minimum Gasteiger partial charge on any atom is -0.469 e. The van der Waals surface area contributed by atoms with E-state index in [4.69, 9.17) is 19.7 Å². The van der Waals surface area contributed by atoms with Gasteiger partial charge < -0.3 is 19.9 Å². The Bertz CT molecular complexity index is 3260. The molecular weight excluding hydrogens is 893 g/mol. The van der Waals surface area contributed by atoms with Gasteiger partial charge in [0.1, 0.15) is 5.82 Å². The highest BCUT2D eigenvalue weighted by molar-refractivity contribution is 6.31. The zero-order valence-electron chi connectivity index (χ0n) is 41.5. The van der Waals surface area contributed by atoms with Crippen molar-refractivity contribution in [1.29, 1.82) is 0 Å². The molecule has 5 aliphatic rings. The molecule has 14 nitrogen and oxygen atoms in total. The smallest absolute Gasteiger partial charge is 0.305 e. The van der Waals surface area contributed by atoms with Crippen LogP contribution in [0.25, 0.3) is 32.7 Å². The van der Waals surface area contributed by atoms with E-state index in [1.807, 2.05) is 31.6 Å². The van der Waals surface area contributed by atoms with Crippen LogP contribution in [-0.2, 0) is 22.6 Å². The number of carbonyl (C=O) groups is 1. The fraction of sp³-hybridized carbons (Fsp3) is 0.404. The van der Waals surface area contributed by atoms with Crippen LogP contribution in [0.2, 0.25) is 0 Å². The number of hydrogen-bond donors (Lipinski definition) is 2. The lowest BCUT2D eigenvalue weighted by atomic mass is 10.00. The molecule has 0 unspecified atom stereocenters. The second-order valence-electron chi connectivity index (χ2n) is 19.1. The standard InChI is InChI=1S/C57H64N8O6/c1-5-7-9-11-14-18-36-43-21-23-47(59-43)38(29-32-65-56(69)41-34-39-40(35-42(41)57(65)70)55(68)64(54(39)67)31-17-13-16-20-51(66)71-4)48-24-22-44(60-48)37(19-15-12-10-8-6-2)46-26-28-50(62-46)52(49-27-25-45(36)61-49)53-58-30-33-63(53)3/h21-28,30,33-35,58,61H,5-20,29,31-32H2,1-4H3/b43-36?,46-37?,48-38?,53-52+. The van der Waals surface area contributed by atoms with Gasteiger partial charge in [-0.3, -0.25) is 33.1 Å². The Kier molecular flexibility index (Phi) is 15.0. The summed E-state index contributed by atoms with van der Waals surface area (Å²) < 4.78 is 7.07. The summed E-state index contributed by atoms with van der Waals surface area (Å²) in [5.74, 6) is 0.623. The quantitative estimate of drug-likeness (QED) is 0.0614. The Morgan fingerprint density at radius 1 is 0.563 bits per heavy atom. The van der Waals surface area contributed by atoms with E-state index >= 15 is 0 Å². The van der Waals surface area contributed by atoms with E-state index in [9.17, 15) is 24.0 Å². The van der Waals surface area contributed by atoms with Crippen LogP contribution in [-0.4, -0.2) is 56.3 Å². The van der Waals surface area contributed by atoms with E-state index in [1.54, 1.807) is 0 Å². The molecule has 368 valence electrons. The van der Waals surface area contributed by atoms with Gasteiger partial charge in [0, 0.05) is 61.4 Å². The highest BCUT2D eigenvalue weighted by Crippen LogP contribution is 2.36. The Labute approximate surface area is 413 Å². The number of unbranched alkanes of at least 4 members (excludes halogenated alkanes) is 10. The third-order valence-electron chi connectivity index (χ3n) is 14.3. The lowest BCUT2D eigenvalue weighted by molar-refractivity contribution is -0.140. The molecule has 3 aromatic heterocycles. The normalized spacial score (nSPS) is 17.3. The second-order valence-corrected chi connectivity index (χ2v) is 19.1. The average molecular weight is 957 g/mol. The number of esters is 1. The number of benzene rings is 1. The summed E-state index contributed by atoms with van der Waals surface area (Å²) >= 11 is 0. The molecule has 5 aliphatic heterocycles. The van der Waals surface area contributed by atoms with Gasteiger partial charge in [-0.1, -0.05) is 71.6 Å². The summed E-state index contributed by atoms with van der Waals surface area (Å²) in [6.07, 6.45) is 31.3. The predicted octanol–water partition coefficient (Wildman–Crippen LogP) is 9.73. The molecule has 1 aromatic carbocycles. The SMILES string of the molecule is CCCCCCCC1=C2C=CC(=N2)/C(=C2\NC=CN2C)c2ccc([nH]2)C(CCCCCCC)=C2C=CC(=N2)C(CCn2c(=O)c3cc4c(=O)n(CCCCCC(=O)OC)c(=O)c4cc3c2=O)=C2C=CC1=N2. The van der Waals surface area contributed by atoms with Gasteiger partial charge in [-0.15, -0.1) is 0 Å². The van der Waals surface area contributed by atoms with E-state index in [2.05, 4.69) is 65.5 Å². The molecule has 0 fully saturated rings. The number of fused-ring (bicyclic) bond motifs is 7. The van der Waals surface area contributed by atoms with Crippen molar-refractivity contribution in [2.24, 2.45) is 15.0 Å². The fourth-order valence-electron chi connectivity index (χ4n) is 10.3. The van der Waals surface area contributed by atoms with Crippen molar-refractivity contribution in [3.05, 3.63) is 160 Å². The maximum absolute atomic E-state index is 14.2. The summed E-state index contributed by atoms with van der Waals surface area (Å²) in [5.41, 5.74) is 8.61. The first-order chi connectivity index (χ1) is 34.6. The number of rotatable bonds is 21. The summed E-state index contributed by atoms with van der Waals surface area (Å²) in [5, 5.41) is 3.91. The molecule has 0 atom stereocenters. The van der Waals surface area contributed by atoms with Gasteiger partial charge >= 0.3 is 5.97 Å². The number of nitrogens with one attached hydrogen (secondary N) is 2. The number of H-pyrrole nitrogens is 1. The monoisotopic (exact) mass is 956 g/mol. The highest BCUT2D eigenvalue weighted by Gasteiger charge is 2.28. The van der Waals surface area contributed by atoms with E-state index < -0.39 is 22.2 Å². The first-order valence-electron chi connectivity index (χ1n) is 25.7. The van der Waals surface area contributed by atoms with Crippen molar-refractivity contribution in [2.75, 3.05) is 14.2 Å². The van der Waals surface area contributed by atoms with E-state index in [0.717, 1.165) is 125 Å². The van der Waals surface area contributed by atoms with Crippen molar-refractivity contribution in [3.63, 3.8) is 0 Å². The molecule has 0 amide bonds. The van der Waals surface area contributed by atoms with Crippen LogP contribution < -0.4 is 27.6 Å². The molecule has 71 heavy (non-hydrogen) atoms. The van der Waals surface area contributed by atoms with Crippen LogP contribution >= 0.6 is 0 Å². The number of aliphatic imine (C=N–C) groups is 3. The lowest BCUT2D eigenvalue weighted by Crippen LogP contribution is -2.26. The van der Waals surface area contributed by atoms with Crippen LogP contribution in [0.15, 0.2) is 141 Å². The molecule has 9 rings (SSSR count). The number of ether oxygens (including phenoxy) is 1. The van der Waals surface area contributed by atoms with Crippen LogP contribution in [0.5, 0.6) is 0 Å². The largest absolute Gasteiger partial charge is 0.469 e. The van der Waals surface area contributed by atoms with Gasteiger partial charge in [-0.2, -0.15) is 0 Å². The molecule has 0 saturated heterocycles. The average Bonchev–Trinajstić information content (AvgIpc) is 4.27. The van der Waals surface area contributed by atoms with Crippen LogP contribution in [0.3, 0.4) is 0 Å². The van der Waals surface area contributed by atoms with Crippen molar-refractivity contribution in [1.82, 2.24) is 24.3 Å². The third kappa shape index (κ3) is 10.1. The number of nitrogens with zero attached hydrogens (tertiary/aromatic N) is 6. The van der Waals surface area contributed by atoms with Crippen molar-refractivity contribution in [2.45, 2.75) is 136 Å². The fourth-order valence-corrected chi connectivity index (χ4v) is 10.3. The summed E-state index contributed by atoms with van der Waals surface area (Å²) in [7, 11) is 3.37. The van der Waals surface area contributed by atoms with Crippen molar-refractivity contribution < 1.29 is 9.53 Å². The summed E-state index contributed by atoms with van der Waals surface area (Å²) in [4.78, 5) is 89.0. The van der Waals surface area contributed by atoms with Gasteiger partial charge in [-0.25, -0.2) is 15.0 Å². The molecule has 2 N–H and O–H groups in total. The van der Waals surface area contributed by atoms with E-state index in [0.29, 0.717) is 30.7 Å². The Hall–Kier alpha value is -7.22. The van der Waals surface area contributed by atoms with Crippen molar-refractivity contribution >= 4 is 55.8 Å². The molecule has 0 spiro atoms. The summed E-state index contributed by atoms with van der Waals surface area (Å²) in [6.45, 7) is 4.64. The molecular formula is C57H64N8O6. The Morgan fingerprint density at radius 3 is 1.62 bits per heavy atom. The van der Waals surface area contributed by atoms with Crippen LogP contribution in [0, 0.1) is 0 Å².